The van der Waals surface area contributed by atoms with E-state index in [2.05, 4.69) is 5.32 Å². The fourth-order valence-electron chi connectivity index (χ4n) is 1.89. The molecule has 0 radical (unpaired) electrons. The van der Waals surface area contributed by atoms with Crippen LogP contribution >= 0.6 is 0 Å². The number of nitrogens with one attached hydrogen (secondary N) is 1. The molecule has 0 saturated heterocycles. The lowest BCUT2D eigenvalue weighted by atomic mass is 10.0. The van der Waals surface area contributed by atoms with Crippen LogP contribution in [-0.2, 0) is 4.79 Å². The van der Waals surface area contributed by atoms with Gasteiger partial charge in [-0.15, -0.1) is 0 Å². The van der Waals surface area contributed by atoms with Crippen LogP contribution in [-0.4, -0.2) is 36.1 Å². The second-order valence-corrected chi connectivity index (χ2v) is 4.84. The van der Waals surface area contributed by atoms with Crippen molar-refractivity contribution in [3.63, 3.8) is 0 Å². The largest absolute Gasteiger partial charge is 0.494 e. The summed E-state index contributed by atoms with van der Waals surface area (Å²) in [5.41, 5.74) is 0.494. The summed E-state index contributed by atoms with van der Waals surface area (Å²) in [4.78, 5) is 23.2. The smallest absolute Gasteiger partial charge is 0.305 e. The van der Waals surface area contributed by atoms with E-state index in [1.54, 1.807) is 24.3 Å². The Hall–Kier alpha value is -1.88. The number of hydrogen-bond acceptors (Lipinski definition) is 4. The Labute approximate surface area is 125 Å². The van der Waals surface area contributed by atoms with Crippen molar-refractivity contribution in [3.05, 3.63) is 29.8 Å². The first-order valence-corrected chi connectivity index (χ1v) is 7.30. The van der Waals surface area contributed by atoms with Crippen molar-refractivity contribution >= 4 is 11.8 Å². The van der Waals surface area contributed by atoms with Crippen LogP contribution in [0.1, 0.15) is 43.5 Å². The van der Waals surface area contributed by atoms with Crippen LogP contribution in [0.25, 0.3) is 0 Å². The van der Waals surface area contributed by atoms with Crippen LogP contribution in [0, 0.1) is 0 Å². The van der Waals surface area contributed by atoms with Gasteiger partial charge in [-0.05, 0) is 43.7 Å². The fraction of sp³-hybridized carbons (Fsp3) is 0.500. The first-order valence-electron chi connectivity index (χ1n) is 7.30. The van der Waals surface area contributed by atoms with Gasteiger partial charge in [0.15, 0.2) is 5.78 Å². The molecule has 116 valence electrons. The van der Waals surface area contributed by atoms with Crippen LogP contribution in [0.3, 0.4) is 0 Å². The molecule has 21 heavy (non-hydrogen) atoms. The quantitative estimate of drug-likeness (QED) is 0.648. The second-order valence-electron chi connectivity index (χ2n) is 4.84. The van der Waals surface area contributed by atoms with E-state index >= 15 is 0 Å². The molecule has 1 atom stereocenters. The highest BCUT2D eigenvalue weighted by Gasteiger charge is 2.22. The highest BCUT2D eigenvalue weighted by molar-refractivity contribution is 6.01. The van der Waals surface area contributed by atoms with Crippen LogP contribution in [0.2, 0.25) is 0 Å². The summed E-state index contributed by atoms with van der Waals surface area (Å²) in [6, 6.07) is 6.14. The Morgan fingerprint density at radius 2 is 1.86 bits per heavy atom. The van der Waals surface area contributed by atoms with Gasteiger partial charge in [0.05, 0.1) is 19.1 Å². The minimum Gasteiger partial charge on any atom is -0.494 e. The summed E-state index contributed by atoms with van der Waals surface area (Å²) in [7, 11) is 0. The number of hydrogen-bond donors (Lipinski definition) is 2. The van der Waals surface area contributed by atoms with Gasteiger partial charge in [-0.3, -0.25) is 9.59 Å². The first-order chi connectivity index (χ1) is 10.1. The van der Waals surface area contributed by atoms with E-state index in [1.165, 1.54) is 0 Å². The number of rotatable bonds is 10. The lowest BCUT2D eigenvalue weighted by Crippen LogP contribution is -2.39. The van der Waals surface area contributed by atoms with Crippen molar-refractivity contribution in [2.75, 3.05) is 13.2 Å². The predicted octanol–water partition coefficient (Wildman–Crippen LogP) is 2.50. The van der Waals surface area contributed by atoms with Gasteiger partial charge in [-0.1, -0.05) is 13.8 Å². The van der Waals surface area contributed by atoms with E-state index in [0.29, 0.717) is 24.5 Å². The number of ketones is 1. The van der Waals surface area contributed by atoms with E-state index in [4.69, 9.17) is 9.84 Å². The molecule has 0 aliphatic carbocycles. The number of carboxylic acid groups (broad SMARTS) is 1. The van der Waals surface area contributed by atoms with Crippen molar-refractivity contribution < 1.29 is 19.4 Å². The SMILES string of the molecule is CCCNC(CC(=O)O)C(=O)c1ccc(OCCC)cc1. The van der Waals surface area contributed by atoms with E-state index in [9.17, 15) is 9.59 Å². The maximum Gasteiger partial charge on any atom is 0.305 e. The van der Waals surface area contributed by atoms with E-state index in [0.717, 1.165) is 12.8 Å². The molecular formula is C16H23NO4. The van der Waals surface area contributed by atoms with Crippen molar-refractivity contribution in [2.45, 2.75) is 39.2 Å². The van der Waals surface area contributed by atoms with Crippen molar-refractivity contribution in [1.29, 1.82) is 0 Å². The van der Waals surface area contributed by atoms with Gasteiger partial charge in [0.1, 0.15) is 5.75 Å². The molecule has 0 heterocycles. The molecule has 0 bridgehead atoms. The summed E-state index contributed by atoms with van der Waals surface area (Å²) in [6.45, 7) is 5.23. The number of carboxylic acids is 1. The summed E-state index contributed by atoms with van der Waals surface area (Å²) >= 11 is 0. The number of aliphatic carboxylic acids is 1. The zero-order valence-corrected chi connectivity index (χ0v) is 12.6. The Balaban J connectivity index is 2.75. The number of carbonyl (C=O) groups is 2. The van der Waals surface area contributed by atoms with Crippen LogP contribution in [0.15, 0.2) is 24.3 Å². The molecule has 0 aromatic heterocycles. The van der Waals surface area contributed by atoms with E-state index < -0.39 is 12.0 Å². The summed E-state index contributed by atoms with van der Waals surface area (Å²) in [5.74, 6) is -0.475. The molecule has 0 aliphatic rings. The lowest BCUT2D eigenvalue weighted by molar-refractivity contribution is -0.137. The molecule has 0 spiro atoms. The van der Waals surface area contributed by atoms with Gasteiger partial charge < -0.3 is 15.2 Å². The Kier molecular flexibility index (Phi) is 7.46. The molecule has 0 saturated carbocycles. The average molecular weight is 293 g/mol. The van der Waals surface area contributed by atoms with Gasteiger partial charge >= 0.3 is 5.97 Å². The van der Waals surface area contributed by atoms with Crippen LogP contribution in [0.4, 0.5) is 0 Å². The standard InChI is InChI=1S/C16H23NO4/c1-3-9-17-14(11-15(18)19)16(20)12-5-7-13(8-6-12)21-10-4-2/h5-8,14,17H,3-4,9-11H2,1-2H3,(H,18,19). The highest BCUT2D eigenvalue weighted by atomic mass is 16.5. The molecule has 0 fully saturated rings. The number of Topliss-reactive ketones (excluding diaryl/α,β-unsaturated/α-hetero) is 1. The number of benzene rings is 1. The van der Waals surface area contributed by atoms with Gasteiger partial charge in [-0.25, -0.2) is 0 Å². The monoisotopic (exact) mass is 293 g/mol. The Morgan fingerprint density at radius 3 is 2.38 bits per heavy atom. The van der Waals surface area contributed by atoms with Crippen LogP contribution < -0.4 is 10.1 Å². The van der Waals surface area contributed by atoms with E-state index in [-0.39, 0.29) is 12.2 Å². The minimum atomic E-state index is -0.986. The molecule has 5 nitrogen and oxygen atoms in total. The Morgan fingerprint density at radius 1 is 1.19 bits per heavy atom. The van der Waals surface area contributed by atoms with Gasteiger partial charge in [-0.2, -0.15) is 0 Å². The highest BCUT2D eigenvalue weighted by Crippen LogP contribution is 2.14. The predicted molar refractivity (Wildman–Crippen MR) is 80.9 cm³/mol. The van der Waals surface area contributed by atoms with Gasteiger partial charge in [0, 0.05) is 5.56 Å². The number of carbonyl (C=O) groups excluding carboxylic acids is 1. The summed E-state index contributed by atoms with van der Waals surface area (Å²) < 4.78 is 5.46. The zero-order chi connectivity index (χ0) is 15.7. The lowest BCUT2D eigenvalue weighted by Gasteiger charge is -2.15. The zero-order valence-electron chi connectivity index (χ0n) is 12.6. The number of ether oxygens (including phenoxy) is 1. The molecule has 1 rings (SSSR count). The Bertz CT molecular complexity index is 456. The molecule has 0 aliphatic heterocycles. The second kappa shape index (κ2) is 9.13. The first kappa shape index (κ1) is 17.2. The molecule has 5 heteroatoms. The van der Waals surface area contributed by atoms with Crippen LogP contribution in [0.5, 0.6) is 5.75 Å². The maximum absolute atomic E-state index is 12.3. The normalized spacial score (nSPS) is 11.9. The van der Waals surface area contributed by atoms with Crippen molar-refractivity contribution in [3.8, 4) is 5.75 Å². The molecule has 0 amide bonds. The average Bonchev–Trinajstić information content (AvgIpc) is 2.49. The van der Waals surface area contributed by atoms with Crippen molar-refractivity contribution in [1.82, 2.24) is 5.32 Å². The topological polar surface area (TPSA) is 75.6 Å². The maximum atomic E-state index is 12.3. The third-order valence-electron chi connectivity index (χ3n) is 2.95. The van der Waals surface area contributed by atoms with Crippen molar-refractivity contribution in [2.24, 2.45) is 0 Å². The molecule has 2 N–H and O–H groups in total. The van der Waals surface area contributed by atoms with Gasteiger partial charge in [0.2, 0.25) is 0 Å². The third-order valence-corrected chi connectivity index (χ3v) is 2.95. The molecule has 1 aromatic rings. The fourth-order valence-corrected chi connectivity index (χ4v) is 1.89. The molecular weight excluding hydrogens is 270 g/mol. The molecule has 1 aromatic carbocycles. The summed E-state index contributed by atoms with van der Waals surface area (Å²) in [6.07, 6.45) is 1.54. The third kappa shape index (κ3) is 5.95. The minimum absolute atomic E-state index is 0.201. The van der Waals surface area contributed by atoms with Gasteiger partial charge in [0.25, 0.3) is 0 Å². The van der Waals surface area contributed by atoms with E-state index in [1.807, 2.05) is 13.8 Å². The molecule has 1 unspecified atom stereocenters. The summed E-state index contributed by atoms with van der Waals surface area (Å²) in [5, 5.41) is 11.9.